The van der Waals surface area contributed by atoms with Crippen molar-refractivity contribution in [1.29, 1.82) is 0 Å². The van der Waals surface area contributed by atoms with Crippen molar-refractivity contribution in [2.75, 3.05) is 13.2 Å². The van der Waals surface area contributed by atoms with Gasteiger partial charge < -0.3 is 9.84 Å². The quantitative estimate of drug-likeness (QED) is 0.880. The zero-order valence-corrected chi connectivity index (χ0v) is 10.9. The molecule has 1 fully saturated rings. The summed E-state index contributed by atoms with van der Waals surface area (Å²) >= 11 is 3.46. The standard InChI is InChI=1S/C12H13BrN2O2/c13-11-10-2-1-9(16)7-15(10)12(14-11)8-3-5-17-6-4-8/h1-2,7-8,16H,3-6H2. The van der Waals surface area contributed by atoms with Gasteiger partial charge in [-0.2, -0.15) is 0 Å². The van der Waals surface area contributed by atoms with Crippen molar-refractivity contribution >= 4 is 21.4 Å². The van der Waals surface area contributed by atoms with Crippen LogP contribution in [0.1, 0.15) is 24.6 Å². The summed E-state index contributed by atoms with van der Waals surface area (Å²) in [5, 5.41) is 9.57. The molecule has 1 aliphatic heterocycles. The lowest BCUT2D eigenvalue weighted by Gasteiger charge is -2.20. The Bertz CT molecular complexity index is 547. The molecular weight excluding hydrogens is 284 g/mol. The Hall–Kier alpha value is -1.07. The first-order chi connectivity index (χ1) is 8.25. The van der Waals surface area contributed by atoms with Gasteiger partial charge in [0, 0.05) is 19.1 Å². The van der Waals surface area contributed by atoms with E-state index in [0.29, 0.717) is 5.92 Å². The van der Waals surface area contributed by atoms with Gasteiger partial charge in [-0.1, -0.05) is 0 Å². The number of rotatable bonds is 1. The number of fused-ring (bicyclic) bond motifs is 1. The van der Waals surface area contributed by atoms with Crippen molar-refractivity contribution in [3.05, 3.63) is 28.8 Å². The lowest BCUT2D eigenvalue weighted by Crippen LogP contribution is -2.16. The van der Waals surface area contributed by atoms with Crippen molar-refractivity contribution in [1.82, 2.24) is 9.38 Å². The molecule has 0 saturated carbocycles. The number of pyridine rings is 1. The second-order valence-electron chi connectivity index (χ2n) is 4.29. The molecule has 1 saturated heterocycles. The third kappa shape index (κ3) is 1.93. The van der Waals surface area contributed by atoms with Crippen LogP contribution in [0, 0.1) is 0 Å². The fourth-order valence-corrected chi connectivity index (χ4v) is 2.81. The summed E-state index contributed by atoms with van der Waals surface area (Å²) in [6.07, 6.45) is 3.69. The molecule has 17 heavy (non-hydrogen) atoms. The summed E-state index contributed by atoms with van der Waals surface area (Å²) in [7, 11) is 0. The second kappa shape index (κ2) is 4.31. The number of hydrogen-bond donors (Lipinski definition) is 1. The van der Waals surface area contributed by atoms with Crippen molar-refractivity contribution < 1.29 is 9.84 Å². The first-order valence-electron chi connectivity index (χ1n) is 5.70. The fourth-order valence-electron chi connectivity index (χ4n) is 2.30. The van der Waals surface area contributed by atoms with Crippen molar-refractivity contribution in [3.8, 4) is 5.75 Å². The molecule has 4 nitrogen and oxygen atoms in total. The van der Waals surface area contributed by atoms with E-state index >= 15 is 0 Å². The molecule has 0 aromatic carbocycles. The molecule has 3 heterocycles. The smallest absolute Gasteiger partial charge is 0.132 e. The normalized spacial score (nSPS) is 17.7. The van der Waals surface area contributed by atoms with Crippen LogP contribution in [-0.4, -0.2) is 27.7 Å². The summed E-state index contributed by atoms with van der Waals surface area (Å²) in [4.78, 5) is 4.57. The second-order valence-corrected chi connectivity index (χ2v) is 5.04. The minimum Gasteiger partial charge on any atom is -0.506 e. The predicted molar refractivity (Wildman–Crippen MR) is 67.4 cm³/mol. The maximum absolute atomic E-state index is 9.57. The average molecular weight is 297 g/mol. The van der Waals surface area contributed by atoms with Crippen LogP contribution in [-0.2, 0) is 4.74 Å². The van der Waals surface area contributed by atoms with Crippen LogP contribution >= 0.6 is 15.9 Å². The van der Waals surface area contributed by atoms with Crippen LogP contribution in [0.5, 0.6) is 5.75 Å². The van der Waals surface area contributed by atoms with Gasteiger partial charge in [0.1, 0.15) is 16.2 Å². The molecule has 2 aromatic heterocycles. The molecule has 0 aliphatic carbocycles. The van der Waals surface area contributed by atoms with Gasteiger partial charge in [-0.3, -0.25) is 4.40 Å². The summed E-state index contributed by atoms with van der Waals surface area (Å²) < 4.78 is 8.17. The Morgan fingerprint density at radius 3 is 2.88 bits per heavy atom. The maximum atomic E-state index is 9.57. The minimum absolute atomic E-state index is 0.260. The van der Waals surface area contributed by atoms with E-state index in [0.717, 1.165) is 42.0 Å². The Balaban J connectivity index is 2.11. The van der Waals surface area contributed by atoms with Gasteiger partial charge in [-0.15, -0.1) is 0 Å². The van der Waals surface area contributed by atoms with Crippen LogP contribution in [0.4, 0.5) is 0 Å². The summed E-state index contributed by atoms with van der Waals surface area (Å²) in [6, 6.07) is 3.55. The van der Waals surface area contributed by atoms with Crippen molar-refractivity contribution in [2.24, 2.45) is 0 Å². The molecule has 0 spiro atoms. The van der Waals surface area contributed by atoms with E-state index in [1.54, 1.807) is 12.3 Å². The van der Waals surface area contributed by atoms with Crippen LogP contribution in [0.25, 0.3) is 5.52 Å². The van der Waals surface area contributed by atoms with Crippen LogP contribution in [0.15, 0.2) is 22.9 Å². The number of ether oxygens (including phenoxy) is 1. The highest BCUT2D eigenvalue weighted by molar-refractivity contribution is 9.10. The molecule has 0 radical (unpaired) electrons. The molecule has 1 aliphatic rings. The zero-order chi connectivity index (χ0) is 11.8. The molecule has 0 bridgehead atoms. The zero-order valence-electron chi connectivity index (χ0n) is 9.27. The Morgan fingerprint density at radius 1 is 1.35 bits per heavy atom. The van der Waals surface area contributed by atoms with Gasteiger partial charge in [0.25, 0.3) is 0 Å². The number of hydrogen-bond acceptors (Lipinski definition) is 3. The highest BCUT2D eigenvalue weighted by Crippen LogP contribution is 2.30. The highest BCUT2D eigenvalue weighted by atomic mass is 79.9. The SMILES string of the molecule is Oc1ccc2c(Br)nc(C3CCOCC3)n2c1. The third-order valence-corrected chi connectivity index (χ3v) is 3.77. The van der Waals surface area contributed by atoms with Gasteiger partial charge in [0.2, 0.25) is 0 Å². The largest absolute Gasteiger partial charge is 0.506 e. The lowest BCUT2D eigenvalue weighted by atomic mass is 10.00. The summed E-state index contributed by atoms with van der Waals surface area (Å²) in [6.45, 7) is 1.58. The molecule has 0 atom stereocenters. The van der Waals surface area contributed by atoms with E-state index in [9.17, 15) is 5.11 Å². The number of aromatic hydroxyl groups is 1. The lowest BCUT2D eigenvalue weighted by molar-refractivity contribution is 0.0834. The Morgan fingerprint density at radius 2 is 2.12 bits per heavy atom. The van der Waals surface area contributed by atoms with E-state index in [1.807, 2.05) is 10.5 Å². The minimum atomic E-state index is 0.260. The molecular formula is C12H13BrN2O2. The molecule has 5 heteroatoms. The fraction of sp³-hybridized carbons (Fsp3) is 0.417. The van der Waals surface area contributed by atoms with Gasteiger partial charge in [-0.05, 0) is 40.9 Å². The van der Waals surface area contributed by atoms with Gasteiger partial charge in [-0.25, -0.2) is 4.98 Å². The highest BCUT2D eigenvalue weighted by Gasteiger charge is 2.22. The first kappa shape index (κ1) is 11.0. The van der Waals surface area contributed by atoms with Gasteiger partial charge in [0.05, 0.1) is 11.7 Å². The average Bonchev–Trinajstić information content (AvgIpc) is 2.67. The first-order valence-corrected chi connectivity index (χ1v) is 6.49. The maximum Gasteiger partial charge on any atom is 0.132 e. The van der Waals surface area contributed by atoms with E-state index in [-0.39, 0.29) is 5.75 Å². The van der Waals surface area contributed by atoms with Crippen LogP contribution in [0.3, 0.4) is 0 Å². The topological polar surface area (TPSA) is 46.8 Å². The van der Waals surface area contributed by atoms with Gasteiger partial charge >= 0.3 is 0 Å². The summed E-state index contributed by atoms with van der Waals surface area (Å²) in [5.74, 6) is 1.67. The van der Waals surface area contributed by atoms with E-state index < -0.39 is 0 Å². The Labute approximate surface area is 107 Å². The molecule has 1 N–H and O–H groups in total. The van der Waals surface area contributed by atoms with Crippen LogP contribution in [0.2, 0.25) is 0 Å². The molecule has 90 valence electrons. The van der Waals surface area contributed by atoms with Crippen molar-refractivity contribution in [3.63, 3.8) is 0 Å². The van der Waals surface area contributed by atoms with E-state index in [1.165, 1.54) is 0 Å². The molecule has 2 aromatic rings. The number of imidazole rings is 1. The number of halogens is 1. The monoisotopic (exact) mass is 296 g/mol. The molecule has 0 unspecified atom stereocenters. The van der Waals surface area contributed by atoms with Crippen LogP contribution < -0.4 is 0 Å². The summed E-state index contributed by atoms with van der Waals surface area (Å²) in [5.41, 5.74) is 0.990. The number of nitrogens with zero attached hydrogens (tertiary/aromatic N) is 2. The van der Waals surface area contributed by atoms with E-state index in [4.69, 9.17) is 4.74 Å². The van der Waals surface area contributed by atoms with E-state index in [2.05, 4.69) is 20.9 Å². The van der Waals surface area contributed by atoms with Gasteiger partial charge in [0.15, 0.2) is 0 Å². The predicted octanol–water partition coefficient (Wildman–Crippen LogP) is 2.70. The molecule has 0 amide bonds. The third-order valence-electron chi connectivity index (χ3n) is 3.19. The van der Waals surface area contributed by atoms with Crippen molar-refractivity contribution in [2.45, 2.75) is 18.8 Å². The number of aromatic nitrogens is 2. The molecule has 3 rings (SSSR count). The Kier molecular flexibility index (Phi) is 2.80.